The molecule has 0 spiro atoms. The number of carbonyl (C=O) groups excluding carboxylic acids is 2. The Labute approximate surface area is 221 Å². The minimum absolute atomic E-state index is 0.107. The molecular weight excluding hydrogens is 467 g/mol. The number of benzene rings is 1. The first kappa shape index (κ1) is 27.7. The maximum Gasteiger partial charge on any atom is 0.491 e. The molecule has 1 aromatic rings. The summed E-state index contributed by atoms with van der Waals surface area (Å²) in [5.74, 6) is 0.610. The van der Waals surface area contributed by atoms with Crippen LogP contribution in [0.5, 0.6) is 0 Å². The van der Waals surface area contributed by atoms with Crippen LogP contribution in [0.3, 0.4) is 0 Å². The van der Waals surface area contributed by atoms with Crippen molar-refractivity contribution in [2.75, 3.05) is 0 Å². The van der Waals surface area contributed by atoms with E-state index in [1.807, 2.05) is 44.2 Å². The predicted octanol–water partition coefficient (Wildman–Crippen LogP) is 4.61. The Morgan fingerprint density at radius 1 is 1.19 bits per heavy atom. The van der Waals surface area contributed by atoms with Gasteiger partial charge in [0.15, 0.2) is 0 Å². The number of hydrogen-bond donors (Lipinski definition) is 1. The maximum atomic E-state index is 12.7. The lowest BCUT2D eigenvalue weighted by Crippen LogP contribution is -2.43. The minimum Gasteiger partial charge on any atom is -0.462 e. The van der Waals surface area contributed by atoms with Crippen LogP contribution in [0.1, 0.15) is 66.2 Å². The molecule has 1 aromatic carbocycles. The number of rotatable bonds is 9. The molecule has 0 amide bonds. The molecular formula is C30H41BO6. The molecule has 0 bridgehead atoms. The van der Waals surface area contributed by atoms with Crippen LogP contribution in [0, 0.1) is 29.6 Å². The normalized spacial score (nSPS) is 32.1. The maximum absolute atomic E-state index is 12.7. The van der Waals surface area contributed by atoms with Gasteiger partial charge in [-0.2, -0.15) is 0 Å². The summed E-state index contributed by atoms with van der Waals surface area (Å²) in [5.41, 5.74) is 1.93. The fourth-order valence-corrected chi connectivity index (χ4v) is 6.04. The summed E-state index contributed by atoms with van der Waals surface area (Å²) in [6.07, 6.45) is 9.86. The van der Waals surface area contributed by atoms with Gasteiger partial charge in [-0.3, -0.25) is 9.59 Å². The van der Waals surface area contributed by atoms with Gasteiger partial charge < -0.3 is 19.2 Å². The van der Waals surface area contributed by atoms with E-state index in [1.54, 1.807) is 0 Å². The van der Waals surface area contributed by atoms with Gasteiger partial charge in [0.2, 0.25) is 0 Å². The van der Waals surface area contributed by atoms with Gasteiger partial charge in [-0.1, -0.05) is 76.3 Å². The Morgan fingerprint density at radius 3 is 2.68 bits per heavy atom. The van der Waals surface area contributed by atoms with Gasteiger partial charge in [0.1, 0.15) is 12.2 Å². The molecule has 1 heterocycles. The first-order valence-electron chi connectivity index (χ1n) is 13.9. The van der Waals surface area contributed by atoms with Gasteiger partial charge in [-0.25, -0.2) is 0 Å². The number of cyclic esters (lactones) is 1. The molecule has 200 valence electrons. The highest BCUT2D eigenvalue weighted by molar-refractivity contribution is 6.60. The van der Waals surface area contributed by atoms with Gasteiger partial charge in [0, 0.05) is 12.3 Å². The van der Waals surface area contributed by atoms with Crippen molar-refractivity contribution in [1.82, 2.24) is 0 Å². The number of esters is 2. The van der Waals surface area contributed by atoms with Crippen molar-refractivity contribution >= 4 is 24.5 Å². The van der Waals surface area contributed by atoms with E-state index in [-0.39, 0.29) is 54.4 Å². The first-order chi connectivity index (χ1) is 17.7. The van der Waals surface area contributed by atoms with E-state index in [0.29, 0.717) is 30.1 Å². The van der Waals surface area contributed by atoms with Crippen LogP contribution in [0.2, 0.25) is 0 Å². The zero-order valence-corrected chi connectivity index (χ0v) is 22.5. The van der Waals surface area contributed by atoms with Crippen LogP contribution in [0.4, 0.5) is 0 Å². The molecule has 0 unspecified atom stereocenters. The van der Waals surface area contributed by atoms with Crippen LogP contribution in [0.25, 0.3) is 0 Å². The van der Waals surface area contributed by atoms with E-state index in [2.05, 4.69) is 32.1 Å². The third kappa shape index (κ3) is 6.94. The van der Waals surface area contributed by atoms with Gasteiger partial charge in [-0.05, 0) is 54.5 Å². The summed E-state index contributed by atoms with van der Waals surface area (Å²) in [6.45, 7) is 8.34. The molecule has 3 aliphatic rings. The SMILES string of the molecule is CC[C@H](C)C(=O)O[C@H]1C[C@@H](C)C=C2C=C[C@H](C)[C@H](CC[C@H]3C[C@@H](OB(O)c4ccccc4)CC(=O)O3)[C@H]21. The highest BCUT2D eigenvalue weighted by Crippen LogP contribution is 2.45. The van der Waals surface area contributed by atoms with Crippen molar-refractivity contribution in [3.05, 3.63) is 54.1 Å². The minimum atomic E-state index is -1.07. The lowest BCUT2D eigenvalue weighted by Gasteiger charge is -2.43. The molecule has 37 heavy (non-hydrogen) atoms. The molecule has 1 aliphatic heterocycles. The highest BCUT2D eigenvalue weighted by Gasteiger charge is 2.42. The van der Waals surface area contributed by atoms with E-state index in [4.69, 9.17) is 14.1 Å². The van der Waals surface area contributed by atoms with E-state index >= 15 is 0 Å². The molecule has 0 radical (unpaired) electrons. The first-order valence-corrected chi connectivity index (χ1v) is 13.9. The average molecular weight is 508 g/mol. The van der Waals surface area contributed by atoms with Crippen LogP contribution in [0.15, 0.2) is 54.1 Å². The molecule has 8 atom stereocenters. The van der Waals surface area contributed by atoms with E-state index < -0.39 is 7.12 Å². The van der Waals surface area contributed by atoms with Crippen LogP contribution in [-0.4, -0.2) is 42.4 Å². The lowest BCUT2D eigenvalue weighted by molar-refractivity contribution is -0.162. The van der Waals surface area contributed by atoms with Crippen LogP contribution < -0.4 is 5.46 Å². The van der Waals surface area contributed by atoms with Crippen molar-refractivity contribution in [2.24, 2.45) is 29.6 Å². The fraction of sp³-hybridized carbons (Fsp3) is 0.600. The lowest BCUT2D eigenvalue weighted by atomic mass is 9.65. The Bertz CT molecular complexity index is 991. The quantitative estimate of drug-likeness (QED) is 0.388. The number of carbonyl (C=O) groups is 2. The summed E-state index contributed by atoms with van der Waals surface area (Å²) in [7, 11) is -1.07. The molecule has 1 saturated heterocycles. The molecule has 7 heteroatoms. The number of hydrogen-bond acceptors (Lipinski definition) is 6. The molecule has 1 fully saturated rings. The molecule has 1 N–H and O–H groups in total. The number of ether oxygens (including phenoxy) is 2. The third-order valence-corrected chi connectivity index (χ3v) is 8.32. The second-order valence-corrected chi connectivity index (χ2v) is 11.2. The van der Waals surface area contributed by atoms with Crippen molar-refractivity contribution in [1.29, 1.82) is 0 Å². The summed E-state index contributed by atoms with van der Waals surface area (Å²) in [4.78, 5) is 25.1. The molecule has 6 nitrogen and oxygen atoms in total. The van der Waals surface area contributed by atoms with Crippen molar-refractivity contribution in [3.8, 4) is 0 Å². The van der Waals surface area contributed by atoms with E-state index in [9.17, 15) is 14.6 Å². The molecule has 4 rings (SSSR count). The summed E-state index contributed by atoms with van der Waals surface area (Å²) in [5, 5.41) is 10.5. The summed E-state index contributed by atoms with van der Waals surface area (Å²) >= 11 is 0. The number of allylic oxidation sites excluding steroid dienone is 3. The zero-order valence-electron chi connectivity index (χ0n) is 22.5. The number of fused-ring (bicyclic) bond motifs is 1. The van der Waals surface area contributed by atoms with Crippen molar-refractivity contribution in [2.45, 2.75) is 84.5 Å². The Morgan fingerprint density at radius 2 is 1.95 bits per heavy atom. The van der Waals surface area contributed by atoms with Gasteiger partial charge in [-0.15, -0.1) is 0 Å². The van der Waals surface area contributed by atoms with Gasteiger partial charge in [0.05, 0.1) is 18.4 Å². The van der Waals surface area contributed by atoms with E-state index in [1.165, 1.54) is 5.57 Å². The molecule has 0 aromatic heterocycles. The summed E-state index contributed by atoms with van der Waals surface area (Å²) < 4.78 is 17.7. The average Bonchev–Trinajstić information content (AvgIpc) is 2.87. The second kappa shape index (κ2) is 12.4. The van der Waals surface area contributed by atoms with Crippen LogP contribution in [-0.2, 0) is 23.7 Å². The van der Waals surface area contributed by atoms with Gasteiger partial charge >= 0.3 is 19.1 Å². The molecule has 2 aliphatic carbocycles. The van der Waals surface area contributed by atoms with Gasteiger partial charge in [0.25, 0.3) is 0 Å². The zero-order chi connectivity index (χ0) is 26.5. The summed E-state index contributed by atoms with van der Waals surface area (Å²) in [6, 6.07) is 9.20. The standard InChI is InChI=1S/C30H41BO6/c1-5-20(3)30(33)36-27-16-19(2)15-22-12-11-21(4)26(29(22)27)14-13-24-17-25(18-28(32)35-24)37-31(34)23-9-7-6-8-10-23/h6-12,15,19-21,24-27,29,34H,5,13-14,16-18H2,1-4H3/t19-,20-,21-,24-,25+,26-,27-,29-/m0/s1. The van der Waals surface area contributed by atoms with Crippen LogP contribution >= 0.6 is 0 Å². The second-order valence-electron chi connectivity index (χ2n) is 11.2. The monoisotopic (exact) mass is 508 g/mol. The highest BCUT2D eigenvalue weighted by atomic mass is 16.6. The van der Waals surface area contributed by atoms with E-state index in [0.717, 1.165) is 19.3 Å². The third-order valence-electron chi connectivity index (χ3n) is 8.32. The predicted molar refractivity (Wildman–Crippen MR) is 144 cm³/mol. The Kier molecular flexibility index (Phi) is 9.30. The fourth-order valence-electron chi connectivity index (χ4n) is 6.04. The van der Waals surface area contributed by atoms with Crippen molar-refractivity contribution < 1.29 is 28.7 Å². The smallest absolute Gasteiger partial charge is 0.462 e. The molecule has 0 saturated carbocycles. The topological polar surface area (TPSA) is 82.1 Å². The van der Waals surface area contributed by atoms with Crippen molar-refractivity contribution in [3.63, 3.8) is 0 Å². The largest absolute Gasteiger partial charge is 0.491 e. The Balaban J connectivity index is 1.42. The Hall–Kier alpha value is -2.38.